The first-order chi connectivity index (χ1) is 10.1. The number of rotatable bonds is 5. The van der Waals surface area contributed by atoms with Crippen molar-refractivity contribution < 1.29 is 23.7 Å². The Labute approximate surface area is 118 Å². The van der Waals surface area contributed by atoms with Crippen LogP contribution in [0.5, 0.6) is 0 Å². The zero-order chi connectivity index (χ0) is 15.2. The van der Waals surface area contributed by atoms with Crippen LogP contribution in [-0.4, -0.2) is 23.4 Å². The van der Waals surface area contributed by atoms with Gasteiger partial charge in [-0.05, 0) is 18.2 Å². The van der Waals surface area contributed by atoms with Gasteiger partial charge in [0.1, 0.15) is 4.92 Å². The lowest BCUT2D eigenvalue weighted by Gasteiger charge is -2.05. The second kappa shape index (κ2) is 6.33. The third-order valence-corrected chi connectivity index (χ3v) is 2.36. The molecule has 0 aliphatic rings. The van der Waals surface area contributed by atoms with Gasteiger partial charge in [0.2, 0.25) is 5.76 Å². The number of hydrogen-bond acceptors (Lipinski definition) is 6. The van der Waals surface area contributed by atoms with Crippen molar-refractivity contribution in [3.8, 4) is 0 Å². The summed E-state index contributed by atoms with van der Waals surface area (Å²) in [5, 5.41) is 12.9. The molecule has 8 heteroatoms. The molecule has 1 amide bonds. The van der Waals surface area contributed by atoms with Gasteiger partial charge in [0.05, 0.1) is 6.07 Å². The zero-order valence-electron chi connectivity index (χ0n) is 10.6. The maximum atomic E-state index is 11.5. The van der Waals surface area contributed by atoms with Crippen LogP contribution in [0.3, 0.4) is 0 Å². The number of benzene rings is 1. The standard InChI is InChI=1S/C13H10N2O6/c16-11(14-9-4-2-1-3-5-9)8-20-13(17)10-6-7-12(21-10)15(18)19/h1-7H,8H2,(H,14,16). The van der Waals surface area contributed by atoms with Gasteiger partial charge in [0.15, 0.2) is 6.61 Å². The molecule has 0 saturated carbocycles. The van der Waals surface area contributed by atoms with Crippen molar-refractivity contribution in [2.45, 2.75) is 0 Å². The summed E-state index contributed by atoms with van der Waals surface area (Å²) in [6.07, 6.45) is 0. The lowest BCUT2D eigenvalue weighted by Crippen LogP contribution is -2.20. The number of esters is 1. The Bertz CT molecular complexity index is 664. The molecule has 21 heavy (non-hydrogen) atoms. The molecule has 1 aromatic carbocycles. The van der Waals surface area contributed by atoms with Crippen molar-refractivity contribution in [2.24, 2.45) is 0 Å². The highest BCUT2D eigenvalue weighted by Crippen LogP contribution is 2.16. The number of amides is 1. The maximum Gasteiger partial charge on any atom is 0.433 e. The zero-order valence-corrected chi connectivity index (χ0v) is 10.6. The number of carbonyl (C=O) groups is 2. The number of furan rings is 1. The largest absolute Gasteiger partial charge is 0.450 e. The molecule has 0 spiro atoms. The minimum absolute atomic E-state index is 0.339. The van der Waals surface area contributed by atoms with Gasteiger partial charge in [-0.25, -0.2) is 4.79 Å². The number of anilines is 1. The fourth-order valence-corrected chi connectivity index (χ4v) is 1.46. The summed E-state index contributed by atoms with van der Waals surface area (Å²) in [4.78, 5) is 32.7. The monoisotopic (exact) mass is 290 g/mol. The topological polar surface area (TPSA) is 112 Å². The minimum Gasteiger partial charge on any atom is -0.450 e. The smallest absolute Gasteiger partial charge is 0.433 e. The van der Waals surface area contributed by atoms with Crippen LogP contribution in [0.4, 0.5) is 11.6 Å². The molecule has 2 rings (SSSR count). The van der Waals surface area contributed by atoms with Crippen LogP contribution in [0.2, 0.25) is 0 Å². The Morgan fingerprint density at radius 1 is 1.19 bits per heavy atom. The first kappa shape index (κ1) is 14.3. The molecule has 1 aromatic heterocycles. The van der Waals surface area contributed by atoms with E-state index in [2.05, 4.69) is 14.5 Å². The average molecular weight is 290 g/mol. The Hall–Kier alpha value is -3.16. The lowest BCUT2D eigenvalue weighted by atomic mass is 10.3. The van der Waals surface area contributed by atoms with Crippen LogP contribution in [0, 0.1) is 10.1 Å². The SMILES string of the molecule is O=C(COC(=O)c1ccc([N+](=O)[O-])o1)Nc1ccccc1. The van der Waals surface area contributed by atoms with Crippen LogP contribution in [-0.2, 0) is 9.53 Å². The van der Waals surface area contributed by atoms with Crippen molar-refractivity contribution in [3.63, 3.8) is 0 Å². The van der Waals surface area contributed by atoms with Gasteiger partial charge in [0.25, 0.3) is 5.91 Å². The second-order valence-electron chi connectivity index (χ2n) is 3.89. The first-order valence-electron chi connectivity index (χ1n) is 5.82. The van der Waals surface area contributed by atoms with E-state index < -0.39 is 29.3 Å². The lowest BCUT2D eigenvalue weighted by molar-refractivity contribution is -0.402. The maximum absolute atomic E-state index is 11.5. The molecule has 1 N–H and O–H groups in total. The van der Waals surface area contributed by atoms with Gasteiger partial charge in [-0.1, -0.05) is 18.2 Å². The van der Waals surface area contributed by atoms with Crippen molar-refractivity contribution in [1.82, 2.24) is 0 Å². The minimum atomic E-state index is -0.952. The predicted molar refractivity (Wildman–Crippen MR) is 70.7 cm³/mol. The van der Waals surface area contributed by atoms with E-state index in [1.165, 1.54) is 0 Å². The van der Waals surface area contributed by atoms with E-state index in [0.717, 1.165) is 12.1 Å². The molecular formula is C13H10N2O6. The normalized spacial score (nSPS) is 9.90. The van der Waals surface area contributed by atoms with Crippen molar-refractivity contribution in [2.75, 3.05) is 11.9 Å². The van der Waals surface area contributed by atoms with E-state index in [-0.39, 0.29) is 5.76 Å². The van der Waals surface area contributed by atoms with Gasteiger partial charge in [-0.15, -0.1) is 0 Å². The number of hydrogen-bond donors (Lipinski definition) is 1. The summed E-state index contributed by atoms with van der Waals surface area (Å²) in [7, 11) is 0. The molecule has 0 saturated heterocycles. The highest BCUT2D eigenvalue weighted by molar-refractivity contribution is 5.94. The van der Waals surface area contributed by atoms with Crippen molar-refractivity contribution in [1.29, 1.82) is 0 Å². The molecule has 0 unspecified atom stereocenters. The molecule has 2 aromatic rings. The Morgan fingerprint density at radius 2 is 1.90 bits per heavy atom. The number of nitrogens with zero attached hydrogens (tertiary/aromatic N) is 1. The highest BCUT2D eigenvalue weighted by atomic mass is 16.7. The molecule has 0 radical (unpaired) electrons. The van der Waals surface area contributed by atoms with Gasteiger partial charge in [-0.3, -0.25) is 14.9 Å². The fraction of sp³-hybridized carbons (Fsp3) is 0.0769. The van der Waals surface area contributed by atoms with Crippen LogP contribution in [0.1, 0.15) is 10.6 Å². The van der Waals surface area contributed by atoms with Gasteiger partial charge >= 0.3 is 11.9 Å². The first-order valence-corrected chi connectivity index (χ1v) is 5.82. The number of para-hydroxylation sites is 1. The summed E-state index contributed by atoms with van der Waals surface area (Å²) in [6, 6.07) is 10.8. The second-order valence-corrected chi connectivity index (χ2v) is 3.89. The van der Waals surface area contributed by atoms with Crippen LogP contribution in [0.25, 0.3) is 0 Å². The summed E-state index contributed by atoms with van der Waals surface area (Å²) in [5.74, 6) is -2.40. The van der Waals surface area contributed by atoms with E-state index in [1.807, 2.05) is 0 Å². The third kappa shape index (κ3) is 3.90. The summed E-state index contributed by atoms with van der Waals surface area (Å²) < 4.78 is 9.34. The summed E-state index contributed by atoms with van der Waals surface area (Å²) in [5.41, 5.74) is 0.562. The molecule has 0 aliphatic carbocycles. The van der Waals surface area contributed by atoms with Crippen LogP contribution >= 0.6 is 0 Å². The average Bonchev–Trinajstić information content (AvgIpc) is 2.96. The van der Waals surface area contributed by atoms with Gasteiger partial charge < -0.3 is 14.5 Å². The molecule has 0 aliphatic heterocycles. The van der Waals surface area contributed by atoms with E-state index >= 15 is 0 Å². The molecular weight excluding hydrogens is 280 g/mol. The number of nitro groups is 1. The van der Waals surface area contributed by atoms with E-state index in [1.54, 1.807) is 30.3 Å². The van der Waals surface area contributed by atoms with E-state index in [0.29, 0.717) is 5.69 Å². The molecule has 0 bridgehead atoms. The number of ether oxygens (including phenoxy) is 1. The Balaban J connectivity index is 1.85. The van der Waals surface area contributed by atoms with Gasteiger partial charge in [-0.2, -0.15) is 0 Å². The van der Waals surface area contributed by atoms with E-state index in [9.17, 15) is 19.7 Å². The van der Waals surface area contributed by atoms with Crippen LogP contribution in [0.15, 0.2) is 46.9 Å². The number of nitrogens with one attached hydrogen (secondary N) is 1. The van der Waals surface area contributed by atoms with E-state index in [4.69, 9.17) is 0 Å². The Morgan fingerprint density at radius 3 is 2.52 bits per heavy atom. The van der Waals surface area contributed by atoms with Gasteiger partial charge in [0, 0.05) is 5.69 Å². The quantitative estimate of drug-likeness (QED) is 0.512. The predicted octanol–water partition coefficient (Wildman–Crippen LogP) is 1.98. The molecule has 8 nitrogen and oxygen atoms in total. The fourth-order valence-electron chi connectivity index (χ4n) is 1.46. The van der Waals surface area contributed by atoms with Crippen LogP contribution < -0.4 is 5.32 Å². The molecule has 108 valence electrons. The number of carbonyl (C=O) groups excluding carboxylic acids is 2. The Kier molecular flexibility index (Phi) is 4.30. The van der Waals surface area contributed by atoms with Crippen molar-refractivity contribution >= 4 is 23.4 Å². The molecule has 0 atom stereocenters. The third-order valence-electron chi connectivity index (χ3n) is 2.36. The summed E-state index contributed by atoms with van der Waals surface area (Å²) in [6.45, 7) is -0.526. The highest BCUT2D eigenvalue weighted by Gasteiger charge is 2.19. The van der Waals surface area contributed by atoms with Crippen molar-refractivity contribution in [3.05, 3.63) is 58.3 Å². The molecule has 1 heterocycles. The summed E-state index contributed by atoms with van der Waals surface area (Å²) >= 11 is 0. The molecule has 0 fully saturated rings.